The molecule has 5 nitrogen and oxygen atoms in total. The number of carbonyl (C=O) groups excluding carboxylic acids is 2. The SMILES string of the molecule is CCc1ccc(N2CC(C(=O)NC3CCN(Cc4ccc(F)c(F)c4)CC3)CC2=O)cc1. The first-order valence-corrected chi connectivity index (χ1v) is 11.3. The van der Waals surface area contributed by atoms with Crippen LogP contribution in [0, 0.1) is 17.6 Å². The minimum absolute atomic E-state index is 0.0178. The number of hydrogen-bond acceptors (Lipinski definition) is 3. The number of halogens is 2. The molecular formula is C25H29F2N3O2. The predicted octanol–water partition coefficient (Wildman–Crippen LogP) is 3.66. The fourth-order valence-electron chi connectivity index (χ4n) is 4.49. The molecule has 2 aromatic rings. The molecule has 2 fully saturated rings. The van der Waals surface area contributed by atoms with Crippen LogP contribution < -0.4 is 10.2 Å². The molecule has 0 aromatic heterocycles. The lowest BCUT2D eigenvalue weighted by atomic mass is 10.0. The molecule has 1 unspecified atom stereocenters. The Kier molecular flexibility index (Phi) is 6.84. The van der Waals surface area contributed by atoms with Crippen LogP contribution in [0.25, 0.3) is 0 Å². The molecule has 7 heteroatoms. The van der Waals surface area contributed by atoms with Gasteiger partial charge in [0.1, 0.15) is 0 Å². The van der Waals surface area contributed by atoms with Crippen molar-refractivity contribution < 1.29 is 18.4 Å². The van der Waals surface area contributed by atoms with E-state index in [-0.39, 0.29) is 30.2 Å². The van der Waals surface area contributed by atoms with Crippen LogP contribution in [0.5, 0.6) is 0 Å². The van der Waals surface area contributed by atoms with Crippen molar-refractivity contribution in [2.45, 2.75) is 45.2 Å². The molecule has 32 heavy (non-hydrogen) atoms. The second-order valence-corrected chi connectivity index (χ2v) is 8.73. The van der Waals surface area contributed by atoms with E-state index in [9.17, 15) is 18.4 Å². The molecule has 4 rings (SSSR count). The standard InChI is InChI=1S/C25H29F2N3O2/c1-2-17-3-6-21(7-4-17)30-16-19(14-24(30)31)25(32)28-20-9-11-29(12-10-20)15-18-5-8-22(26)23(27)13-18/h3-8,13,19-20H,2,9-12,14-16H2,1H3,(H,28,32). The Hall–Kier alpha value is -2.80. The Bertz CT molecular complexity index is 972. The molecule has 170 valence electrons. The zero-order valence-electron chi connectivity index (χ0n) is 18.3. The van der Waals surface area contributed by atoms with Crippen molar-refractivity contribution in [3.8, 4) is 0 Å². The first kappa shape index (κ1) is 22.4. The molecule has 0 saturated carbocycles. The first-order chi connectivity index (χ1) is 15.4. The van der Waals surface area contributed by atoms with E-state index in [1.54, 1.807) is 11.0 Å². The van der Waals surface area contributed by atoms with Crippen LogP contribution in [-0.4, -0.2) is 42.4 Å². The van der Waals surface area contributed by atoms with Gasteiger partial charge in [-0.3, -0.25) is 14.5 Å². The summed E-state index contributed by atoms with van der Waals surface area (Å²) in [6, 6.07) is 12.0. The molecule has 0 radical (unpaired) electrons. The number of likely N-dealkylation sites (tertiary alicyclic amines) is 1. The maximum atomic E-state index is 13.4. The second-order valence-electron chi connectivity index (χ2n) is 8.73. The minimum atomic E-state index is -0.836. The Labute approximate surface area is 187 Å². The lowest BCUT2D eigenvalue weighted by Crippen LogP contribution is -2.46. The normalized spacial score (nSPS) is 20.0. The Morgan fingerprint density at radius 3 is 2.38 bits per heavy atom. The molecule has 2 amide bonds. The average Bonchev–Trinajstić information content (AvgIpc) is 3.19. The van der Waals surface area contributed by atoms with Crippen LogP contribution in [0.15, 0.2) is 42.5 Å². The number of amides is 2. The van der Waals surface area contributed by atoms with E-state index in [2.05, 4.69) is 17.1 Å². The number of nitrogens with one attached hydrogen (secondary N) is 1. The molecule has 2 saturated heterocycles. The maximum absolute atomic E-state index is 13.4. The van der Waals surface area contributed by atoms with Crippen LogP contribution in [-0.2, 0) is 22.6 Å². The number of anilines is 1. The lowest BCUT2D eigenvalue weighted by molar-refractivity contribution is -0.127. The first-order valence-electron chi connectivity index (χ1n) is 11.3. The van der Waals surface area contributed by atoms with E-state index in [0.29, 0.717) is 13.1 Å². The van der Waals surface area contributed by atoms with E-state index in [1.165, 1.54) is 11.6 Å². The van der Waals surface area contributed by atoms with Crippen molar-refractivity contribution >= 4 is 17.5 Å². The number of carbonyl (C=O) groups is 2. The summed E-state index contributed by atoms with van der Waals surface area (Å²) < 4.78 is 26.5. The van der Waals surface area contributed by atoms with Gasteiger partial charge in [0.15, 0.2) is 11.6 Å². The fraction of sp³-hybridized carbons (Fsp3) is 0.440. The number of rotatable bonds is 6. The maximum Gasteiger partial charge on any atom is 0.227 e. The third-order valence-corrected chi connectivity index (χ3v) is 6.48. The number of hydrogen-bond donors (Lipinski definition) is 1. The molecule has 2 aliphatic heterocycles. The lowest BCUT2D eigenvalue weighted by Gasteiger charge is -2.32. The molecule has 0 bridgehead atoms. The Balaban J connectivity index is 1.25. The molecular weight excluding hydrogens is 412 g/mol. The smallest absolute Gasteiger partial charge is 0.227 e. The summed E-state index contributed by atoms with van der Waals surface area (Å²) >= 11 is 0. The zero-order valence-corrected chi connectivity index (χ0v) is 18.3. The second kappa shape index (κ2) is 9.77. The summed E-state index contributed by atoms with van der Waals surface area (Å²) in [7, 11) is 0. The van der Waals surface area contributed by atoms with Crippen molar-refractivity contribution in [1.29, 1.82) is 0 Å². The fourth-order valence-corrected chi connectivity index (χ4v) is 4.49. The zero-order chi connectivity index (χ0) is 22.7. The van der Waals surface area contributed by atoms with Crippen LogP contribution in [0.2, 0.25) is 0 Å². The van der Waals surface area contributed by atoms with Crippen molar-refractivity contribution in [2.75, 3.05) is 24.5 Å². The van der Waals surface area contributed by atoms with Crippen LogP contribution in [0.1, 0.15) is 37.3 Å². The van der Waals surface area contributed by atoms with Gasteiger partial charge in [0.05, 0.1) is 5.92 Å². The van der Waals surface area contributed by atoms with Crippen LogP contribution >= 0.6 is 0 Å². The molecule has 2 heterocycles. The van der Waals surface area contributed by atoms with E-state index >= 15 is 0 Å². The van der Waals surface area contributed by atoms with Gasteiger partial charge in [-0.2, -0.15) is 0 Å². The van der Waals surface area contributed by atoms with Crippen molar-refractivity contribution in [3.05, 3.63) is 65.2 Å². The van der Waals surface area contributed by atoms with Crippen LogP contribution in [0.3, 0.4) is 0 Å². The van der Waals surface area contributed by atoms with E-state index in [1.807, 2.05) is 24.3 Å². The van der Waals surface area contributed by atoms with Gasteiger partial charge in [0, 0.05) is 44.3 Å². The van der Waals surface area contributed by atoms with Gasteiger partial charge >= 0.3 is 0 Å². The highest BCUT2D eigenvalue weighted by atomic mass is 19.2. The molecule has 0 spiro atoms. The molecule has 2 aromatic carbocycles. The number of nitrogens with zero attached hydrogens (tertiary/aromatic N) is 2. The summed E-state index contributed by atoms with van der Waals surface area (Å²) in [4.78, 5) is 29.2. The minimum Gasteiger partial charge on any atom is -0.353 e. The summed E-state index contributed by atoms with van der Waals surface area (Å²) in [5.74, 6) is -2.09. The largest absolute Gasteiger partial charge is 0.353 e. The molecule has 2 aliphatic rings. The predicted molar refractivity (Wildman–Crippen MR) is 119 cm³/mol. The summed E-state index contributed by atoms with van der Waals surface area (Å²) in [5, 5.41) is 3.12. The number of piperidine rings is 1. The molecule has 1 N–H and O–H groups in total. The molecule has 1 atom stereocenters. The van der Waals surface area contributed by atoms with E-state index in [0.717, 1.165) is 49.7 Å². The van der Waals surface area contributed by atoms with E-state index < -0.39 is 11.6 Å². The topological polar surface area (TPSA) is 52.7 Å². The molecule has 0 aliphatic carbocycles. The third kappa shape index (κ3) is 5.15. The monoisotopic (exact) mass is 441 g/mol. The van der Waals surface area contributed by atoms with Gasteiger partial charge in [0.2, 0.25) is 11.8 Å². The van der Waals surface area contributed by atoms with Gasteiger partial charge in [-0.15, -0.1) is 0 Å². The number of aryl methyl sites for hydroxylation is 1. The summed E-state index contributed by atoms with van der Waals surface area (Å²) in [6.07, 6.45) is 2.76. The van der Waals surface area contributed by atoms with Gasteiger partial charge in [-0.1, -0.05) is 25.1 Å². The highest BCUT2D eigenvalue weighted by molar-refractivity contribution is 6.00. The highest BCUT2D eigenvalue weighted by Crippen LogP contribution is 2.26. The average molecular weight is 442 g/mol. The highest BCUT2D eigenvalue weighted by Gasteiger charge is 2.36. The number of benzene rings is 2. The van der Waals surface area contributed by atoms with Gasteiger partial charge in [-0.05, 0) is 54.7 Å². The van der Waals surface area contributed by atoms with Crippen molar-refractivity contribution in [1.82, 2.24) is 10.2 Å². The summed E-state index contributed by atoms with van der Waals surface area (Å²) in [6.45, 7) is 4.59. The quantitative estimate of drug-likeness (QED) is 0.745. The summed E-state index contributed by atoms with van der Waals surface area (Å²) in [5.41, 5.74) is 2.79. The van der Waals surface area contributed by atoms with Gasteiger partial charge in [-0.25, -0.2) is 8.78 Å². The Morgan fingerprint density at radius 2 is 1.72 bits per heavy atom. The van der Waals surface area contributed by atoms with Gasteiger partial charge < -0.3 is 10.2 Å². The Morgan fingerprint density at radius 1 is 1.03 bits per heavy atom. The van der Waals surface area contributed by atoms with Crippen molar-refractivity contribution in [3.63, 3.8) is 0 Å². The van der Waals surface area contributed by atoms with Crippen LogP contribution in [0.4, 0.5) is 14.5 Å². The van der Waals surface area contributed by atoms with E-state index in [4.69, 9.17) is 0 Å². The van der Waals surface area contributed by atoms with Gasteiger partial charge in [0.25, 0.3) is 0 Å². The van der Waals surface area contributed by atoms with Crippen molar-refractivity contribution in [2.24, 2.45) is 5.92 Å². The third-order valence-electron chi connectivity index (χ3n) is 6.48.